The van der Waals surface area contributed by atoms with Crippen molar-refractivity contribution >= 4 is 35.5 Å². The Labute approximate surface area is 128 Å². The van der Waals surface area contributed by atoms with Gasteiger partial charge in [0, 0.05) is 6.42 Å². The van der Waals surface area contributed by atoms with Crippen LogP contribution in [-0.4, -0.2) is 47.3 Å². The van der Waals surface area contributed by atoms with Crippen molar-refractivity contribution < 1.29 is 9.90 Å². The van der Waals surface area contributed by atoms with Crippen molar-refractivity contribution in [1.29, 1.82) is 0 Å². The third kappa shape index (κ3) is 16.4. The van der Waals surface area contributed by atoms with Gasteiger partial charge in [0.05, 0.1) is 0 Å². The summed E-state index contributed by atoms with van der Waals surface area (Å²) < 4.78 is 0. The number of aliphatic hydroxyl groups excluding tert-OH is 1. The molecular weight excluding hydrogens is 225 g/mol. The molecule has 0 spiro atoms. The fourth-order valence-electron chi connectivity index (χ4n) is 1.77. The van der Waals surface area contributed by atoms with E-state index in [9.17, 15) is 4.79 Å². The molecule has 0 aromatic rings. The van der Waals surface area contributed by atoms with Crippen LogP contribution in [0.5, 0.6) is 0 Å². The average molecular weight is 253 g/mol. The fourth-order valence-corrected chi connectivity index (χ4v) is 1.77. The molecule has 0 aliphatic rings. The van der Waals surface area contributed by atoms with Crippen LogP contribution in [0, 0.1) is 0 Å². The van der Waals surface area contributed by atoms with E-state index in [0.717, 1.165) is 12.8 Å². The molecule has 3 nitrogen and oxygen atoms in total. The zero-order valence-corrected chi connectivity index (χ0v) is 10.6. The van der Waals surface area contributed by atoms with Crippen LogP contribution in [0.25, 0.3) is 0 Å². The predicted molar refractivity (Wildman–Crippen MR) is 74.2 cm³/mol. The molecule has 0 unspecified atom stereocenters. The second-order valence-electron chi connectivity index (χ2n) is 4.34. The van der Waals surface area contributed by atoms with Gasteiger partial charge in [-0.1, -0.05) is 58.3 Å². The van der Waals surface area contributed by atoms with Gasteiger partial charge >= 0.3 is 29.6 Å². The average Bonchev–Trinajstić information content (AvgIpc) is 2.27. The minimum atomic E-state index is -0.240. The molecule has 0 bridgehead atoms. The van der Waals surface area contributed by atoms with Gasteiger partial charge in [0.1, 0.15) is 6.73 Å². The number of aliphatic hydroxyl groups is 1. The van der Waals surface area contributed by atoms with Crippen LogP contribution in [0.1, 0.15) is 71.1 Å². The third-order valence-corrected chi connectivity index (χ3v) is 2.78. The van der Waals surface area contributed by atoms with Crippen LogP contribution in [0.2, 0.25) is 0 Å². The Bertz CT molecular complexity index is 165. The summed E-state index contributed by atoms with van der Waals surface area (Å²) in [4.78, 5) is 11.0. The Morgan fingerprint density at radius 3 is 1.88 bits per heavy atom. The molecule has 0 aromatic heterocycles. The van der Waals surface area contributed by atoms with Gasteiger partial charge in [-0.15, -0.1) is 0 Å². The molecule has 1 amide bonds. The molecule has 17 heavy (non-hydrogen) atoms. The summed E-state index contributed by atoms with van der Waals surface area (Å²) in [5, 5.41) is 10.8. The maximum absolute atomic E-state index is 11.0. The molecule has 0 saturated carbocycles. The number of nitrogens with one attached hydrogen (secondary N) is 1. The molecule has 0 aliphatic carbocycles. The number of hydrogen-bond acceptors (Lipinski definition) is 2. The summed E-state index contributed by atoms with van der Waals surface area (Å²) in [5.41, 5.74) is 0. The van der Waals surface area contributed by atoms with Crippen molar-refractivity contribution in [1.82, 2.24) is 5.32 Å². The van der Waals surface area contributed by atoms with Gasteiger partial charge in [-0.25, -0.2) is 0 Å². The van der Waals surface area contributed by atoms with E-state index in [0.29, 0.717) is 6.42 Å². The first-order valence-electron chi connectivity index (χ1n) is 6.68. The Kier molecular flexibility index (Phi) is 19.1. The Morgan fingerprint density at radius 1 is 0.941 bits per heavy atom. The molecule has 0 fully saturated rings. The first kappa shape index (κ1) is 19.8. The molecule has 0 saturated heterocycles. The van der Waals surface area contributed by atoms with E-state index in [4.69, 9.17) is 5.11 Å². The zero-order chi connectivity index (χ0) is 12.1. The van der Waals surface area contributed by atoms with Crippen LogP contribution in [0.15, 0.2) is 0 Å². The summed E-state index contributed by atoms with van der Waals surface area (Å²) >= 11 is 0. The Balaban J connectivity index is 0. The summed E-state index contributed by atoms with van der Waals surface area (Å²) in [5.74, 6) is -0.0366. The van der Waals surface area contributed by atoms with Crippen LogP contribution >= 0.6 is 0 Å². The third-order valence-electron chi connectivity index (χ3n) is 2.78. The van der Waals surface area contributed by atoms with E-state index in [1.54, 1.807) is 0 Å². The van der Waals surface area contributed by atoms with Crippen LogP contribution in [0.4, 0.5) is 0 Å². The van der Waals surface area contributed by atoms with Gasteiger partial charge in [-0.2, -0.15) is 0 Å². The molecule has 0 aliphatic heterocycles. The van der Waals surface area contributed by atoms with E-state index < -0.39 is 0 Å². The molecular formula is C13H28NNaO2. The van der Waals surface area contributed by atoms with E-state index in [-0.39, 0.29) is 42.2 Å². The van der Waals surface area contributed by atoms with Gasteiger partial charge in [0.15, 0.2) is 0 Å². The summed E-state index contributed by atoms with van der Waals surface area (Å²) in [7, 11) is 0. The van der Waals surface area contributed by atoms with Crippen LogP contribution in [-0.2, 0) is 4.79 Å². The number of carbonyl (C=O) groups is 1. The van der Waals surface area contributed by atoms with Crippen LogP contribution < -0.4 is 5.32 Å². The molecule has 4 heteroatoms. The first-order chi connectivity index (χ1) is 7.81. The second kappa shape index (κ2) is 16.4. The van der Waals surface area contributed by atoms with Gasteiger partial charge < -0.3 is 10.4 Å². The molecule has 98 valence electrons. The second-order valence-corrected chi connectivity index (χ2v) is 4.34. The van der Waals surface area contributed by atoms with Gasteiger partial charge in [-0.05, 0) is 6.42 Å². The van der Waals surface area contributed by atoms with Gasteiger partial charge in [-0.3, -0.25) is 4.79 Å². The minimum absolute atomic E-state index is 0. The van der Waals surface area contributed by atoms with Crippen molar-refractivity contribution in [2.45, 2.75) is 71.1 Å². The molecule has 2 N–H and O–H groups in total. The van der Waals surface area contributed by atoms with Crippen LogP contribution in [0.3, 0.4) is 0 Å². The number of unbranched alkanes of at least 4 members (excludes halogenated alkanes) is 8. The van der Waals surface area contributed by atoms with E-state index in [1.807, 2.05) is 0 Å². The molecule has 0 atom stereocenters. The summed E-state index contributed by atoms with van der Waals surface area (Å²) in [6.07, 6.45) is 11.9. The first-order valence-corrected chi connectivity index (χ1v) is 6.68. The topological polar surface area (TPSA) is 49.3 Å². The van der Waals surface area contributed by atoms with Crippen molar-refractivity contribution in [2.75, 3.05) is 6.73 Å². The summed E-state index contributed by atoms with van der Waals surface area (Å²) in [6, 6.07) is 0. The van der Waals surface area contributed by atoms with Crippen molar-refractivity contribution in [3.05, 3.63) is 0 Å². The van der Waals surface area contributed by atoms with Gasteiger partial charge in [0.25, 0.3) is 0 Å². The Morgan fingerprint density at radius 2 is 1.41 bits per heavy atom. The summed E-state index contributed by atoms with van der Waals surface area (Å²) in [6.45, 7) is 1.99. The quantitative estimate of drug-likeness (QED) is 0.337. The standard InChI is InChI=1S/C13H27NO2.Na.H/c1-2-3-4-5-6-7-8-9-10-11-13(16)14-12-15;;/h15H,2-12H2,1H3,(H,14,16);;. The van der Waals surface area contributed by atoms with Crippen molar-refractivity contribution in [3.63, 3.8) is 0 Å². The molecule has 0 aromatic carbocycles. The molecule has 0 rings (SSSR count). The number of carbonyl (C=O) groups excluding carboxylic acids is 1. The fraction of sp³-hybridized carbons (Fsp3) is 0.923. The number of rotatable bonds is 11. The molecule has 0 heterocycles. The van der Waals surface area contributed by atoms with E-state index in [1.165, 1.54) is 44.9 Å². The zero-order valence-electron chi connectivity index (χ0n) is 10.6. The normalized spacial score (nSPS) is 9.76. The monoisotopic (exact) mass is 253 g/mol. The van der Waals surface area contributed by atoms with E-state index in [2.05, 4.69) is 12.2 Å². The van der Waals surface area contributed by atoms with E-state index >= 15 is 0 Å². The maximum atomic E-state index is 11.0. The Hall–Kier alpha value is 0.430. The van der Waals surface area contributed by atoms with Crippen molar-refractivity contribution in [2.24, 2.45) is 0 Å². The van der Waals surface area contributed by atoms with Crippen molar-refractivity contribution in [3.8, 4) is 0 Å². The number of amides is 1. The number of hydrogen-bond donors (Lipinski definition) is 2. The predicted octanol–water partition coefficient (Wildman–Crippen LogP) is 2.32. The SMILES string of the molecule is CCCCCCCCCCCC(=O)NCO.[NaH]. The molecule has 0 radical (unpaired) electrons. The van der Waals surface area contributed by atoms with Gasteiger partial charge in [0.2, 0.25) is 5.91 Å².